The summed E-state index contributed by atoms with van der Waals surface area (Å²) in [5.41, 5.74) is 3.57. The van der Waals surface area contributed by atoms with Crippen molar-refractivity contribution in [1.82, 2.24) is 15.0 Å². The fourth-order valence-corrected chi connectivity index (χ4v) is 3.24. The summed E-state index contributed by atoms with van der Waals surface area (Å²) in [7, 11) is 0. The van der Waals surface area contributed by atoms with Gasteiger partial charge in [0.2, 0.25) is 0 Å². The van der Waals surface area contributed by atoms with Crippen LogP contribution in [0.25, 0.3) is 33.3 Å². The molecule has 0 fully saturated rings. The highest BCUT2D eigenvalue weighted by atomic mass is 32.1. The number of benzene rings is 1. The zero-order valence-electron chi connectivity index (χ0n) is 13.1. The Kier molecular flexibility index (Phi) is 4.03. The number of pyridine rings is 2. The van der Waals surface area contributed by atoms with E-state index in [1.807, 2.05) is 60.0 Å². The second-order valence-electron chi connectivity index (χ2n) is 5.35. The molecule has 4 nitrogen and oxygen atoms in total. The molecule has 0 aliphatic rings. The standard InChI is InChI=1S/C20H12N4S/c21-12-15(18-9-8-14-5-1-2-6-17(14)24-18)11-16-13-25-20(23-16)19-7-3-4-10-22-19/h1-11,13H/b15-11+. The molecule has 0 aliphatic carbocycles. The van der Waals surface area contributed by atoms with Gasteiger partial charge in [-0.3, -0.25) is 4.98 Å². The van der Waals surface area contributed by atoms with E-state index in [0.29, 0.717) is 11.3 Å². The second-order valence-corrected chi connectivity index (χ2v) is 6.21. The van der Waals surface area contributed by atoms with Gasteiger partial charge in [-0.15, -0.1) is 11.3 Å². The molecular formula is C20H12N4S. The molecule has 1 aromatic carbocycles. The van der Waals surface area contributed by atoms with Crippen molar-refractivity contribution in [1.29, 1.82) is 5.26 Å². The average molecular weight is 340 g/mol. The molecule has 0 bridgehead atoms. The first kappa shape index (κ1) is 15.2. The Morgan fingerprint density at radius 1 is 1.00 bits per heavy atom. The van der Waals surface area contributed by atoms with E-state index in [-0.39, 0.29) is 0 Å². The van der Waals surface area contributed by atoms with Crippen molar-refractivity contribution < 1.29 is 0 Å². The van der Waals surface area contributed by atoms with Crippen molar-refractivity contribution in [2.45, 2.75) is 0 Å². The molecule has 3 heterocycles. The van der Waals surface area contributed by atoms with Crippen molar-refractivity contribution in [2.75, 3.05) is 0 Å². The van der Waals surface area contributed by atoms with Gasteiger partial charge in [-0.2, -0.15) is 5.26 Å². The Hall–Kier alpha value is -3.36. The molecule has 0 N–H and O–H groups in total. The quantitative estimate of drug-likeness (QED) is 0.502. The van der Waals surface area contributed by atoms with E-state index in [1.54, 1.807) is 12.3 Å². The number of hydrogen-bond acceptors (Lipinski definition) is 5. The summed E-state index contributed by atoms with van der Waals surface area (Å²) >= 11 is 1.50. The minimum absolute atomic E-state index is 0.489. The maximum atomic E-state index is 9.54. The first-order valence-corrected chi connectivity index (χ1v) is 8.56. The van der Waals surface area contributed by atoms with E-state index >= 15 is 0 Å². The lowest BCUT2D eigenvalue weighted by Gasteiger charge is -2.01. The topological polar surface area (TPSA) is 62.5 Å². The largest absolute Gasteiger partial charge is 0.254 e. The number of rotatable bonds is 3. The van der Waals surface area contributed by atoms with E-state index < -0.39 is 0 Å². The Morgan fingerprint density at radius 3 is 2.72 bits per heavy atom. The van der Waals surface area contributed by atoms with Gasteiger partial charge in [-0.25, -0.2) is 9.97 Å². The van der Waals surface area contributed by atoms with Crippen LogP contribution in [0, 0.1) is 11.3 Å². The van der Waals surface area contributed by atoms with Gasteiger partial charge in [0.15, 0.2) is 0 Å². The summed E-state index contributed by atoms with van der Waals surface area (Å²) in [5.74, 6) is 0. The van der Waals surface area contributed by atoms with E-state index in [0.717, 1.165) is 27.3 Å². The molecule has 0 atom stereocenters. The number of nitriles is 1. The van der Waals surface area contributed by atoms with Crippen molar-refractivity contribution in [2.24, 2.45) is 0 Å². The first-order valence-electron chi connectivity index (χ1n) is 7.68. The zero-order valence-corrected chi connectivity index (χ0v) is 13.9. The van der Waals surface area contributed by atoms with Gasteiger partial charge in [0.05, 0.1) is 28.2 Å². The molecule has 0 amide bonds. The molecule has 4 aromatic rings. The smallest absolute Gasteiger partial charge is 0.142 e. The summed E-state index contributed by atoms with van der Waals surface area (Å²) in [6, 6.07) is 19.6. The molecule has 0 radical (unpaired) electrons. The number of nitrogens with zero attached hydrogens (tertiary/aromatic N) is 4. The minimum Gasteiger partial charge on any atom is -0.254 e. The molecule has 0 saturated carbocycles. The fourth-order valence-electron chi connectivity index (χ4n) is 2.49. The Morgan fingerprint density at radius 2 is 1.88 bits per heavy atom. The van der Waals surface area contributed by atoms with Gasteiger partial charge in [0, 0.05) is 17.0 Å². The number of fused-ring (bicyclic) bond motifs is 1. The van der Waals surface area contributed by atoms with Crippen molar-refractivity contribution >= 4 is 33.9 Å². The highest BCUT2D eigenvalue weighted by Gasteiger charge is 2.08. The van der Waals surface area contributed by atoms with Crippen molar-refractivity contribution in [3.63, 3.8) is 0 Å². The third-order valence-corrected chi connectivity index (χ3v) is 4.58. The Balaban J connectivity index is 1.71. The molecule has 0 aliphatic heterocycles. The van der Waals surface area contributed by atoms with Gasteiger partial charge < -0.3 is 0 Å². The normalized spacial score (nSPS) is 11.4. The molecule has 0 saturated heterocycles. The minimum atomic E-state index is 0.489. The van der Waals surface area contributed by atoms with Crippen molar-refractivity contribution in [3.05, 3.63) is 77.6 Å². The van der Waals surface area contributed by atoms with E-state index in [9.17, 15) is 5.26 Å². The zero-order chi connectivity index (χ0) is 17.1. The fraction of sp³-hybridized carbons (Fsp3) is 0. The number of aromatic nitrogens is 3. The summed E-state index contributed by atoms with van der Waals surface area (Å²) in [4.78, 5) is 13.4. The van der Waals surface area contributed by atoms with Crippen LogP contribution in [0.15, 0.2) is 66.2 Å². The Labute approximate surface area is 148 Å². The molecule has 118 valence electrons. The van der Waals surface area contributed by atoms with Gasteiger partial charge in [0.25, 0.3) is 0 Å². The average Bonchev–Trinajstić information content (AvgIpc) is 3.15. The molecular weight excluding hydrogens is 328 g/mol. The SMILES string of the molecule is N#C/C(=C\c1csc(-c2ccccn2)n1)c1ccc2ccccc2n1. The van der Waals surface area contributed by atoms with Crippen LogP contribution in [0.3, 0.4) is 0 Å². The predicted molar refractivity (Wildman–Crippen MR) is 101 cm³/mol. The number of hydrogen-bond donors (Lipinski definition) is 0. The van der Waals surface area contributed by atoms with Gasteiger partial charge in [-0.05, 0) is 30.3 Å². The number of para-hydroxylation sites is 1. The summed E-state index contributed by atoms with van der Waals surface area (Å²) in [6.07, 6.45) is 3.51. The predicted octanol–water partition coefficient (Wildman–Crippen LogP) is 4.82. The number of allylic oxidation sites excluding steroid dienone is 1. The van der Waals surface area contributed by atoms with Crippen LogP contribution in [0.1, 0.15) is 11.4 Å². The van der Waals surface area contributed by atoms with Gasteiger partial charge in [-0.1, -0.05) is 30.3 Å². The summed E-state index contributed by atoms with van der Waals surface area (Å²) < 4.78 is 0. The van der Waals surface area contributed by atoms with Crippen LogP contribution in [0.4, 0.5) is 0 Å². The first-order chi connectivity index (χ1) is 12.3. The van der Waals surface area contributed by atoms with Crippen LogP contribution < -0.4 is 0 Å². The molecule has 3 aromatic heterocycles. The highest BCUT2D eigenvalue weighted by molar-refractivity contribution is 7.13. The third-order valence-electron chi connectivity index (χ3n) is 3.69. The lowest BCUT2D eigenvalue weighted by molar-refractivity contribution is 1.28. The van der Waals surface area contributed by atoms with Gasteiger partial charge in [0.1, 0.15) is 11.1 Å². The van der Waals surface area contributed by atoms with Crippen LogP contribution in [-0.2, 0) is 0 Å². The molecule has 25 heavy (non-hydrogen) atoms. The maximum Gasteiger partial charge on any atom is 0.142 e. The van der Waals surface area contributed by atoms with E-state index in [2.05, 4.69) is 21.0 Å². The lowest BCUT2D eigenvalue weighted by atomic mass is 10.1. The molecule has 0 unspecified atom stereocenters. The summed E-state index contributed by atoms with van der Waals surface area (Å²) in [6.45, 7) is 0. The van der Waals surface area contributed by atoms with Crippen molar-refractivity contribution in [3.8, 4) is 16.8 Å². The van der Waals surface area contributed by atoms with E-state index in [1.165, 1.54) is 11.3 Å². The van der Waals surface area contributed by atoms with E-state index in [4.69, 9.17) is 0 Å². The molecule has 5 heteroatoms. The van der Waals surface area contributed by atoms with Crippen LogP contribution in [0.5, 0.6) is 0 Å². The third kappa shape index (κ3) is 3.16. The maximum absolute atomic E-state index is 9.54. The van der Waals surface area contributed by atoms with Crippen LogP contribution in [-0.4, -0.2) is 15.0 Å². The van der Waals surface area contributed by atoms with Crippen LogP contribution in [0.2, 0.25) is 0 Å². The lowest BCUT2D eigenvalue weighted by Crippen LogP contribution is -1.89. The monoisotopic (exact) mass is 340 g/mol. The summed E-state index contributed by atoms with van der Waals surface area (Å²) in [5, 5.41) is 13.3. The second kappa shape index (κ2) is 6.63. The van der Waals surface area contributed by atoms with Gasteiger partial charge >= 0.3 is 0 Å². The highest BCUT2D eigenvalue weighted by Crippen LogP contribution is 2.24. The van der Waals surface area contributed by atoms with Crippen LogP contribution >= 0.6 is 11.3 Å². The molecule has 4 rings (SSSR count). The Bertz CT molecular complexity index is 1110. The number of thiazole rings is 1. The molecule has 0 spiro atoms.